The van der Waals surface area contributed by atoms with Crippen LogP contribution in [-0.4, -0.2) is 15.9 Å². The van der Waals surface area contributed by atoms with Crippen molar-refractivity contribution in [1.29, 1.82) is 0 Å². The van der Waals surface area contributed by atoms with Crippen LogP contribution in [0, 0.1) is 23.8 Å². The van der Waals surface area contributed by atoms with Crippen LogP contribution >= 0.6 is 0 Å². The molecule has 3 aromatic heterocycles. The Balaban J connectivity index is 0.000000279. The van der Waals surface area contributed by atoms with Gasteiger partial charge in [-0.3, -0.25) is 9.78 Å². The number of fused-ring (bicyclic) bond motifs is 3. The molecule has 1 N–H and O–H groups in total. The monoisotopic (exact) mass is 863 g/mol. The van der Waals surface area contributed by atoms with Crippen LogP contribution in [0.1, 0.15) is 99.1 Å². The Morgan fingerprint density at radius 1 is 0.882 bits per heavy atom. The third kappa shape index (κ3) is 7.93. The molecule has 0 saturated carbocycles. The molecule has 0 fully saturated rings. The number of allylic oxidation sites excluding steroid dienone is 2. The minimum Gasteiger partial charge on any atom is -0.512 e. The summed E-state index contributed by atoms with van der Waals surface area (Å²) >= 11 is 0. The second kappa shape index (κ2) is 15.7. The minimum atomic E-state index is -0.337. The number of hydrogen-bond acceptors (Lipinski definition) is 5. The number of carbonyl (C=O) groups excluding carboxylic acids is 1. The number of ketones is 1. The summed E-state index contributed by atoms with van der Waals surface area (Å²) < 4.78 is 12.2. The average molecular weight is 863 g/mol. The van der Waals surface area contributed by atoms with Crippen LogP contribution in [-0.2, 0) is 30.3 Å². The Bertz CT molecular complexity index is 2170. The third-order valence-electron chi connectivity index (χ3n) is 10.9. The van der Waals surface area contributed by atoms with Crippen molar-refractivity contribution in [2.75, 3.05) is 0 Å². The van der Waals surface area contributed by atoms with Crippen LogP contribution in [0.5, 0.6) is 0 Å². The van der Waals surface area contributed by atoms with E-state index in [1.807, 2.05) is 65.9 Å². The van der Waals surface area contributed by atoms with E-state index in [0.29, 0.717) is 0 Å². The number of aliphatic hydroxyl groups excluding tert-OH is 1. The molecule has 6 heteroatoms. The molecule has 0 atom stereocenters. The number of pyridine rings is 1. The molecular weight excluding hydrogens is 811 g/mol. The minimum absolute atomic E-state index is 0. The molecule has 0 aliphatic rings. The summed E-state index contributed by atoms with van der Waals surface area (Å²) in [6, 6.07) is 24.4. The molecule has 0 unspecified atom stereocenters. The van der Waals surface area contributed by atoms with E-state index >= 15 is 0 Å². The van der Waals surface area contributed by atoms with E-state index in [1.165, 1.54) is 17.0 Å². The average Bonchev–Trinajstić information content (AvgIpc) is 3.73. The maximum absolute atomic E-state index is 12.2. The molecule has 1 radical (unpaired) electrons. The van der Waals surface area contributed by atoms with Gasteiger partial charge in [0.15, 0.2) is 5.78 Å². The maximum atomic E-state index is 12.2. The summed E-state index contributed by atoms with van der Waals surface area (Å²) in [5.74, 6) is 1.10. The summed E-state index contributed by atoms with van der Waals surface area (Å²) in [7, 11) is 0. The molecule has 3 heterocycles. The maximum Gasteiger partial charge on any atom is 0.164 e. The predicted octanol–water partition coefficient (Wildman–Crippen LogP) is 13.1. The first-order chi connectivity index (χ1) is 23.7. The molecule has 0 spiro atoms. The fourth-order valence-electron chi connectivity index (χ4n) is 6.40. The van der Waals surface area contributed by atoms with Gasteiger partial charge in [0.1, 0.15) is 22.7 Å². The van der Waals surface area contributed by atoms with Crippen molar-refractivity contribution in [3.63, 3.8) is 0 Å². The fraction of sp³-hybridized carbons (Fsp3) is 0.378. The number of aryl methyl sites for hydroxylation is 1. The van der Waals surface area contributed by atoms with Gasteiger partial charge in [-0.05, 0) is 61.8 Å². The van der Waals surface area contributed by atoms with Gasteiger partial charge in [-0.25, -0.2) is 0 Å². The van der Waals surface area contributed by atoms with Crippen molar-refractivity contribution in [1.82, 2.24) is 4.98 Å². The normalized spacial score (nSPS) is 12.5. The van der Waals surface area contributed by atoms with Crippen molar-refractivity contribution >= 4 is 38.5 Å². The number of aromatic nitrogens is 1. The molecule has 6 rings (SSSR count). The first-order valence-corrected chi connectivity index (χ1v) is 18.0. The zero-order valence-electron chi connectivity index (χ0n) is 31.8. The summed E-state index contributed by atoms with van der Waals surface area (Å²) in [6.45, 7) is 20.9. The van der Waals surface area contributed by atoms with Crippen LogP contribution in [0.15, 0.2) is 93.8 Å². The Hall–Kier alpha value is -3.99. The molecule has 0 amide bonds. The Morgan fingerprint density at radius 3 is 2.20 bits per heavy atom. The second-order valence-corrected chi connectivity index (χ2v) is 15.1. The predicted molar refractivity (Wildman–Crippen MR) is 208 cm³/mol. The Morgan fingerprint density at radius 2 is 1.55 bits per heavy atom. The molecule has 271 valence electrons. The van der Waals surface area contributed by atoms with Gasteiger partial charge in [0.2, 0.25) is 0 Å². The molecule has 0 aliphatic carbocycles. The first kappa shape index (κ1) is 39.8. The van der Waals surface area contributed by atoms with E-state index in [0.717, 1.165) is 81.2 Å². The van der Waals surface area contributed by atoms with Crippen molar-refractivity contribution in [3.05, 3.63) is 102 Å². The van der Waals surface area contributed by atoms with E-state index < -0.39 is 0 Å². The van der Waals surface area contributed by atoms with Crippen molar-refractivity contribution in [2.45, 2.75) is 100 Å². The summed E-state index contributed by atoms with van der Waals surface area (Å²) in [5.41, 5.74) is 6.17. The van der Waals surface area contributed by atoms with Gasteiger partial charge in [-0.1, -0.05) is 104 Å². The van der Waals surface area contributed by atoms with Crippen molar-refractivity contribution in [2.24, 2.45) is 10.8 Å². The number of carbonyl (C=O) groups is 1. The van der Waals surface area contributed by atoms with E-state index in [4.69, 9.17) is 13.8 Å². The number of rotatable bonds is 9. The van der Waals surface area contributed by atoms with E-state index in [1.54, 1.807) is 6.26 Å². The van der Waals surface area contributed by atoms with Crippen molar-refractivity contribution < 1.29 is 38.8 Å². The molecule has 0 bridgehead atoms. The van der Waals surface area contributed by atoms with Gasteiger partial charge in [0.05, 0.1) is 6.26 Å². The largest absolute Gasteiger partial charge is 0.512 e. The first-order valence-electron chi connectivity index (χ1n) is 18.0. The van der Waals surface area contributed by atoms with Crippen LogP contribution in [0.25, 0.3) is 55.3 Å². The third-order valence-corrected chi connectivity index (χ3v) is 10.9. The Labute approximate surface area is 316 Å². The Kier molecular flexibility index (Phi) is 12.3. The van der Waals surface area contributed by atoms with Crippen LogP contribution in [0.4, 0.5) is 0 Å². The molecule has 3 aromatic carbocycles. The zero-order chi connectivity index (χ0) is 36.4. The summed E-state index contributed by atoms with van der Waals surface area (Å²) in [6.07, 6.45) is 8.40. The van der Waals surface area contributed by atoms with Gasteiger partial charge < -0.3 is 13.9 Å². The van der Waals surface area contributed by atoms with Crippen LogP contribution in [0.2, 0.25) is 0 Å². The van der Waals surface area contributed by atoms with E-state index in [-0.39, 0.29) is 47.9 Å². The molecule has 0 aliphatic heterocycles. The quantitative estimate of drug-likeness (QED) is 0.0890. The van der Waals surface area contributed by atoms with Crippen LogP contribution < -0.4 is 0 Å². The molecular formula is C45H52IrNO4-. The summed E-state index contributed by atoms with van der Waals surface area (Å²) in [4.78, 5) is 16.9. The second-order valence-electron chi connectivity index (χ2n) is 15.1. The molecule has 0 saturated heterocycles. The van der Waals surface area contributed by atoms with Gasteiger partial charge in [-0.2, -0.15) is 0 Å². The summed E-state index contributed by atoms with van der Waals surface area (Å²) in [5, 5.41) is 14.5. The topological polar surface area (TPSA) is 76.5 Å². The smallest absolute Gasteiger partial charge is 0.164 e. The molecule has 51 heavy (non-hydrogen) atoms. The van der Waals surface area contributed by atoms with Crippen LogP contribution in [0.3, 0.4) is 0 Å². The number of furan rings is 2. The number of nitrogens with zero attached hydrogens (tertiary/aromatic N) is 1. The number of aliphatic hydroxyl groups is 1. The standard InChI is InChI=1S/C30H24NO2.C15H28O2.Ir/c1-18-17-32-25-11-7-10-23(27(18)25)26-16-20-12-13-31-28(29(20)33-26)21-14-19-8-5-6-9-22(19)24(15-21)30(2,3)4;1-7-14(5,8-2)12(16)11-13(17)15(6,9-3)10-4;/h5-13,15-17H,1-4H3;11,16H,7-10H2,1-6H3;/q-1;;/b;12-11-;. The SMILES string of the molecule is CCC(C)(CC)C(=O)/C=C(\O)C(C)(CC)CC.Cc1coc2cccc(-c3cc4ccnc(-c5[c-]c6ccccc6c(C(C)(C)C)c5)c4o3)c12.[Ir]. The van der Waals surface area contributed by atoms with E-state index in [2.05, 4.69) is 76.2 Å². The van der Waals surface area contributed by atoms with Gasteiger partial charge >= 0.3 is 0 Å². The molecule has 6 aromatic rings. The van der Waals surface area contributed by atoms with Gasteiger partial charge in [-0.15, -0.1) is 29.1 Å². The fourth-order valence-corrected chi connectivity index (χ4v) is 6.40. The number of hydrogen-bond donors (Lipinski definition) is 1. The van der Waals surface area contributed by atoms with E-state index in [9.17, 15) is 9.90 Å². The number of benzene rings is 3. The zero-order valence-corrected chi connectivity index (χ0v) is 34.2. The van der Waals surface area contributed by atoms with Gasteiger partial charge in [0.25, 0.3) is 0 Å². The van der Waals surface area contributed by atoms with Crippen molar-refractivity contribution in [3.8, 4) is 22.6 Å². The van der Waals surface area contributed by atoms with Gasteiger partial charge in [0, 0.05) is 65.2 Å². The molecule has 5 nitrogen and oxygen atoms in total.